The molecule has 0 fully saturated rings. The average Bonchev–Trinajstić information content (AvgIpc) is 2.71. The van der Waals surface area contributed by atoms with Crippen LogP contribution in [0.2, 0.25) is 0 Å². The minimum absolute atomic E-state index is 0.542. The summed E-state index contributed by atoms with van der Waals surface area (Å²) in [6.45, 7) is 0.542. The van der Waals surface area contributed by atoms with Gasteiger partial charge in [0.1, 0.15) is 5.82 Å². The van der Waals surface area contributed by atoms with Crippen molar-refractivity contribution < 1.29 is 8.78 Å². The van der Waals surface area contributed by atoms with E-state index in [9.17, 15) is 8.78 Å². The van der Waals surface area contributed by atoms with E-state index in [1.807, 2.05) is 54.6 Å². The van der Waals surface area contributed by atoms with Crippen LogP contribution >= 0.6 is 0 Å². The molecule has 0 unspecified atom stereocenters. The molecule has 0 bridgehead atoms. The molecule has 0 atom stereocenters. The first-order valence-corrected chi connectivity index (χ1v) is 8.71. The summed E-state index contributed by atoms with van der Waals surface area (Å²) in [4.78, 5) is 9.33. The third-order valence-electron chi connectivity index (χ3n) is 4.33. The van der Waals surface area contributed by atoms with Crippen molar-refractivity contribution in [3.63, 3.8) is 0 Å². The first kappa shape index (κ1) is 17.1. The zero-order chi connectivity index (χ0) is 18.6. The summed E-state index contributed by atoms with van der Waals surface area (Å²) in [5, 5.41) is 4.23. The van der Waals surface area contributed by atoms with Gasteiger partial charge in [-0.2, -0.15) is 0 Å². The highest BCUT2D eigenvalue weighted by Gasteiger charge is 2.09. The first-order chi connectivity index (χ1) is 13.2. The first-order valence-electron chi connectivity index (χ1n) is 8.71. The monoisotopic (exact) mass is 361 g/mol. The summed E-state index contributed by atoms with van der Waals surface area (Å²) in [6, 6.07) is 21.5. The quantitative estimate of drug-likeness (QED) is 0.529. The Bertz CT molecular complexity index is 1080. The van der Waals surface area contributed by atoms with Gasteiger partial charge in [0.25, 0.3) is 0 Å². The zero-order valence-electron chi connectivity index (χ0n) is 14.5. The number of fused-ring (bicyclic) bond motifs is 1. The molecule has 5 heteroatoms. The third kappa shape index (κ3) is 3.77. The number of benzene rings is 3. The molecule has 0 saturated carbocycles. The van der Waals surface area contributed by atoms with Crippen molar-refractivity contribution in [2.24, 2.45) is 0 Å². The molecule has 0 radical (unpaired) electrons. The van der Waals surface area contributed by atoms with Gasteiger partial charge in [0.15, 0.2) is 17.5 Å². The van der Waals surface area contributed by atoms with E-state index < -0.39 is 11.6 Å². The van der Waals surface area contributed by atoms with Crippen LogP contribution in [0.3, 0.4) is 0 Å². The minimum Gasteiger partial charge on any atom is -0.369 e. The lowest BCUT2D eigenvalue weighted by Gasteiger charge is -2.11. The highest BCUT2D eigenvalue weighted by Crippen LogP contribution is 2.24. The molecule has 0 aliphatic carbocycles. The number of hydrogen-bond acceptors (Lipinski definition) is 3. The van der Waals surface area contributed by atoms with Gasteiger partial charge in [-0.1, -0.05) is 48.5 Å². The Morgan fingerprint density at radius 3 is 2.37 bits per heavy atom. The Morgan fingerprint density at radius 1 is 0.778 bits per heavy atom. The van der Waals surface area contributed by atoms with Crippen LogP contribution in [0.25, 0.3) is 22.3 Å². The summed E-state index contributed by atoms with van der Waals surface area (Å²) in [6.07, 6.45) is 0.552. The average molecular weight is 361 g/mol. The number of rotatable bonds is 5. The predicted octanol–water partition coefficient (Wildman–Crippen LogP) is 5.23. The molecule has 134 valence electrons. The number of anilines is 1. The van der Waals surface area contributed by atoms with Gasteiger partial charge in [0.2, 0.25) is 0 Å². The molecule has 0 aliphatic heterocycles. The molecule has 1 aromatic heterocycles. The van der Waals surface area contributed by atoms with E-state index in [4.69, 9.17) is 0 Å². The van der Waals surface area contributed by atoms with E-state index >= 15 is 0 Å². The van der Waals surface area contributed by atoms with Crippen molar-refractivity contribution in [1.82, 2.24) is 9.97 Å². The molecule has 4 rings (SSSR count). The van der Waals surface area contributed by atoms with Gasteiger partial charge >= 0.3 is 0 Å². The van der Waals surface area contributed by atoms with Gasteiger partial charge in [-0.3, -0.25) is 0 Å². The summed E-state index contributed by atoms with van der Waals surface area (Å²) in [5.74, 6) is -0.293. The summed E-state index contributed by atoms with van der Waals surface area (Å²) < 4.78 is 26.4. The van der Waals surface area contributed by atoms with E-state index in [0.717, 1.165) is 33.9 Å². The van der Waals surface area contributed by atoms with Gasteiger partial charge in [0.05, 0.1) is 5.52 Å². The molecule has 3 aromatic carbocycles. The Hall–Kier alpha value is -3.34. The second-order valence-corrected chi connectivity index (χ2v) is 6.20. The molecule has 27 heavy (non-hydrogen) atoms. The van der Waals surface area contributed by atoms with E-state index in [0.29, 0.717) is 18.8 Å². The molecule has 0 spiro atoms. The minimum atomic E-state index is -0.832. The lowest BCUT2D eigenvalue weighted by molar-refractivity contribution is 0.507. The van der Waals surface area contributed by atoms with Gasteiger partial charge in [0, 0.05) is 17.5 Å². The van der Waals surface area contributed by atoms with Crippen molar-refractivity contribution >= 4 is 16.7 Å². The fraction of sp³-hybridized carbons (Fsp3) is 0.0909. The predicted molar refractivity (Wildman–Crippen MR) is 104 cm³/mol. The number of nitrogens with one attached hydrogen (secondary N) is 1. The van der Waals surface area contributed by atoms with Gasteiger partial charge in [-0.25, -0.2) is 18.7 Å². The van der Waals surface area contributed by atoms with Crippen molar-refractivity contribution in [2.75, 3.05) is 11.9 Å². The zero-order valence-corrected chi connectivity index (χ0v) is 14.5. The molecular weight excluding hydrogens is 344 g/mol. The molecule has 0 amide bonds. The summed E-state index contributed by atoms with van der Waals surface area (Å²) in [7, 11) is 0. The lowest BCUT2D eigenvalue weighted by atomic mass is 10.1. The Labute approximate surface area is 155 Å². The smallest absolute Gasteiger partial charge is 0.162 e. The number of para-hydroxylation sites is 1. The lowest BCUT2D eigenvalue weighted by Crippen LogP contribution is -2.08. The Balaban J connectivity index is 1.61. The topological polar surface area (TPSA) is 37.8 Å². The van der Waals surface area contributed by atoms with Crippen molar-refractivity contribution in [3.05, 3.63) is 90.0 Å². The standard InChI is InChI=1S/C22H17F2N3/c23-18-11-10-15(14-19(18)24)12-13-25-22-17-8-4-5-9-20(17)26-21(27-22)16-6-2-1-3-7-16/h1-11,14H,12-13H2,(H,25,26,27). The molecular formula is C22H17F2N3. The van der Waals surface area contributed by atoms with Gasteiger partial charge in [-0.05, 0) is 36.2 Å². The molecule has 1 N–H and O–H groups in total. The van der Waals surface area contributed by atoms with Crippen LogP contribution in [0.15, 0.2) is 72.8 Å². The fourth-order valence-corrected chi connectivity index (χ4v) is 2.95. The maximum Gasteiger partial charge on any atom is 0.162 e. The van der Waals surface area contributed by atoms with Crippen LogP contribution in [-0.4, -0.2) is 16.5 Å². The number of halogens is 2. The van der Waals surface area contributed by atoms with Crippen molar-refractivity contribution in [1.29, 1.82) is 0 Å². The number of nitrogens with zero attached hydrogens (tertiary/aromatic N) is 2. The maximum atomic E-state index is 13.4. The highest BCUT2D eigenvalue weighted by atomic mass is 19.2. The number of aromatic nitrogens is 2. The molecule has 4 aromatic rings. The van der Waals surface area contributed by atoms with E-state index in [-0.39, 0.29) is 0 Å². The van der Waals surface area contributed by atoms with Crippen LogP contribution in [0, 0.1) is 11.6 Å². The molecule has 0 saturated heterocycles. The van der Waals surface area contributed by atoms with Crippen LogP contribution < -0.4 is 5.32 Å². The van der Waals surface area contributed by atoms with Crippen molar-refractivity contribution in [2.45, 2.75) is 6.42 Å². The summed E-state index contributed by atoms with van der Waals surface area (Å²) >= 11 is 0. The molecule has 3 nitrogen and oxygen atoms in total. The summed E-state index contributed by atoms with van der Waals surface area (Å²) in [5.41, 5.74) is 2.51. The SMILES string of the molecule is Fc1ccc(CCNc2nc(-c3ccccc3)nc3ccccc23)cc1F. The molecule has 0 aliphatic rings. The maximum absolute atomic E-state index is 13.4. The van der Waals surface area contributed by atoms with E-state index in [1.54, 1.807) is 6.07 Å². The fourth-order valence-electron chi connectivity index (χ4n) is 2.95. The van der Waals surface area contributed by atoms with Crippen LogP contribution in [-0.2, 0) is 6.42 Å². The Morgan fingerprint density at radius 2 is 1.56 bits per heavy atom. The van der Waals surface area contributed by atoms with Crippen molar-refractivity contribution in [3.8, 4) is 11.4 Å². The Kier molecular flexibility index (Phi) is 4.75. The van der Waals surface area contributed by atoms with Crippen LogP contribution in [0.5, 0.6) is 0 Å². The van der Waals surface area contributed by atoms with Crippen LogP contribution in [0.4, 0.5) is 14.6 Å². The second-order valence-electron chi connectivity index (χ2n) is 6.20. The van der Waals surface area contributed by atoms with Gasteiger partial charge in [-0.15, -0.1) is 0 Å². The van der Waals surface area contributed by atoms with Gasteiger partial charge < -0.3 is 5.32 Å². The largest absolute Gasteiger partial charge is 0.369 e. The molecule has 1 heterocycles. The third-order valence-corrected chi connectivity index (χ3v) is 4.33. The van der Waals surface area contributed by atoms with Crippen LogP contribution in [0.1, 0.15) is 5.56 Å². The number of hydrogen-bond donors (Lipinski definition) is 1. The normalized spacial score (nSPS) is 10.9. The second kappa shape index (κ2) is 7.50. The van der Waals surface area contributed by atoms with E-state index in [2.05, 4.69) is 15.3 Å². The highest BCUT2D eigenvalue weighted by molar-refractivity contribution is 5.90. The van der Waals surface area contributed by atoms with E-state index in [1.165, 1.54) is 6.07 Å².